The lowest BCUT2D eigenvalue weighted by Crippen LogP contribution is -2.71. The summed E-state index contributed by atoms with van der Waals surface area (Å²) in [6.07, 6.45) is -7.53. The predicted molar refractivity (Wildman–Crippen MR) is 45.4 cm³/mol. The maximum Gasteiger partial charge on any atom is 0.271 e. The van der Waals surface area contributed by atoms with Crippen molar-refractivity contribution in [2.75, 3.05) is 0 Å². The lowest BCUT2D eigenvalue weighted by Gasteiger charge is -2.43. The van der Waals surface area contributed by atoms with E-state index in [2.05, 4.69) is 0 Å². The molecule has 0 heterocycles. The summed E-state index contributed by atoms with van der Waals surface area (Å²) < 4.78 is 0. The van der Waals surface area contributed by atoms with Gasteiger partial charge < -0.3 is 25.5 Å². The summed E-state index contributed by atoms with van der Waals surface area (Å²) in [5.41, 5.74) is -2.30. The molecule has 1 saturated carbocycles. The molecule has 6 atom stereocenters. The van der Waals surface area contributed by atoms with Crippen molar-refractivity contribution in [2.24, 2.45) is 0 Å². The number of aliphatic hydroxyl groups is 5. The largest absolute Gasteiger partial charge is 0.387 e. The average molecular weight is 223 g/mol. The Labute approximate surface area is 84.5 Å². The Bertz CT molecular complexity index is 268. The van der Waals surface area contributed by atoms with Gasteiger partial charge in [0.2, 0.25) is 0 Å². The zero-order valence-electron chi connectivity index (χ0n) is 7.89. The highest BCUT2D eigenvalue weighted by atomic mass is 16.6. The quantitative estimate of drug-likeness (QED) is 0.233. The molecule has 1 fully saturated rings. The SMILES string of the molecule is C[C@@]1(O)[C@@H](O)[C@H](O)[C@@H](O)[C@H](O)[C@H]1[N+](=O)[O-]. The van der Waals surface area contributed by atoms with Crippen LogP contribution in [0.5, 0.6) is 0 Å². The van der Waals surface area contributed by atoms with E-state index in [1.165, 1.54) is 0 Å². The van der Waals surface area contributed by atoms with Crippen molar-refractivity contribution in [3.63, 3.8) is 0 Å². The molecule has 0 saturated heterocycles. The van der Waals surface area contributed by atoms with Crippen LogP contribution in [-0.4, -0.2) is 66.5 Å². The molecule has 1 aliphatic carbocycles. The van der Waals surface area contributed by atoms with E-state index in [0.29, 0.717) is 0 Å². The van der Waals surface area contributed by atoms with Crippen LogP contribution < -0.4 is 0 Å². The maximum atomic E-state index is 10.6. The number of hydrogen-bond donors (Lipinski definition) is 5. The molecule has 0 unspecified atom stereocenters. The first-order valence-corrected chi connectivity index (χ1v) is 4.29. The van der Waals surface area contributed by atoms with E-state index in [1.54, 1.807) is 0 Å². The van der Waals surface area contributed by atoms with Crippen molar-refractivity contribution in [1.29, 1.82) is 0 Å². The summed E-state index contributed by atoms with van der Waals surface area (Å²) in [5, 5.41) is 57.2. The molecule has 8 nitrogen and oxygen atoms in total. The Morgan fingerprint density at radius 3 is 2.00 bits per heavy atom. The van der Waals surface area contributed by atoms with Crippen LogP contribution in [-0.2, 0) is 0 Å². The molecule has 0 spiro atoms. The average Bonchev–Trinajstić information content (AvgIpc) is 2.11. The monoisotopic (exact) mass is 223 g/mol. The molecule has 0 aromatic carbocycles. The van der Waals surface area contributed by atoms with Crippen molar-refractivity contribution >= 4 is 0 Å². The van der Waals surface area contributed by atoms with Crippen LogP contribution in [0.2, 0.25) is 0 Å². The van der Waals surface area contributed by atoms with Crippen molar-refractivity contribution in [2.45, 2.75) is 43.0 Å². The molecule has 0 aromatic heterocycles. The molecule has 0 aromatic rings. The molecule has 0 radical (unpaired) electrons. The van der Waals surface area contributed by atoms with Gasteiger partial charge in [0.1, 0.15) is 18.3 Å². The molecule has 0 amide bonds. The fourth-order valence-corrected chi connectivity index (χ4v) is 1.78. The van der Waals surface area contributed by atoms with Gasteiger partial charge in [-0.25, -0.2) is 0 Å². The Kier molecular flexibility index (Phi) is 2.99. The number of nitro groups is 1. The van der Waals surface area contributed by atoms with Crippen LogP contribution >= 0.6 is 0 Å². The third-order valence-electron chi connectivity index (χ3n) is 2.77. The van der Waals surface area contributed by atoms with Crippen molar-refractivity contribution in [3.8, 4) is 0 Å². The van der Waals surface area contributed by atoms with Gasteiger partial charge in [-0.2, -0.15) is 0 Å². The fourth-order valence-electron chi connectivity index (χ4n) is 1.78. The highest BCUT2D eigenvalue weighted by molar-refractivity contribution is 5.06. The first-order chi connectivity index (χ1) is 6.71. The number of nitrogens with zero attached hydrogens (tertiary/aromatic N) is 1. The van der Waals surface area contributed by atoms with E-state index in [0.717, 1.165) is 6.92 Å². The van der Waals surface area contributed by atoms with E-state index in [9.17, 15) is 35.6 Å². The van der Waals surface area contributed by atoms with Gasteiger partial charge in [0.25, 0.3) is 6.04 Å². The predicted octanol–water partition coefficient (Wildman–Crippen LogP) is -3.16. The van der Waals surface area contributed by atoms with E-state index >= 15 is 0 Å². The van der Waals surface area contributed by atoms with E-state index in [1.807, 2.05) is 0 Å². The van der Waals surface area contributed by atoms with Crippen LogP contribution in [0.15, 0.2) is 0 Å². The summed E-state index contributed by atoms with van der Waals surface area (Å²) in [4.78, 5) is 9.56. The Hall–Kier alpha value is -0.800. The minimum absolute atomic E-state index is 0.920. The summed E-state index contributed by atoms with van der Waals surface area (Å²) in [5.74, 6) is 0. The third kappa shape index (κ3) is 1.70. The van der Waals surface area contributed by atoms with Crippen molar-refractivity contribution < 1.29 is 30.5 Å². The van der Waals surface area contributed by atoms with Gasteiger partial charge in [0, 0.05) is 4.92 Å². The minimum Gasteiger partial charge on any atom is -0.387 e. The molecule has 1 aliphatic rings. The molecule has 0 bridgehead atoms. The topological polar surface area (TPSA) is 144 Å². The summed E-state index contributed by atoms with van der Waals surface area (Å²) in [6.45, 7) is 0.920. The summed E-state index contributed by atoms with van der Waals surface area (Å²) in [7, 11) is 0. The van der Waals surface area contributed by atoms with Gasteiger partial charge >= 0.3 is 0 Å². The molecule has 5 N–H and O–H groups in total. The Morgan fingerprint density at radius 1 is 1.13 bits per heavy atom. The van der Waals surface area contributed by atoms with Crippen molar-refractivity contribution in [3.05, 3.63) is 10.1 Å². The number of hydrogen-bond acceptors (Lipinski definition) is 7. The maximum absolute atomic E-state index is 10.6. The van der Waals surface area contributed by atoms with Crippen LogP contribution in [0.3, 0.4) is 0 Å². The van der Waals surface area contributed by atoms with Gasteiger partial charge in [-0.1, -0.05) is 0 Å². The zero-order chi connectivity index (χ0) is 12.0. The van der Waals surface area contributed by atoms with Crippen molar-refractivity contribution in [1.82, 2.24) is 0 Å². The fraction of sp³-hybridized carbons (Fsp3) is 1.00. The molecule has 15 heavy (non-hydrogen) atoms. The van der Waals surface area contributed by atoms with Crippen LogP contribution in [0, 0.1) is 10.1 Å². The standard InChI is InChI=1S/C7H13NO7/c1-7(13)5(8(14)15)3(10)2(9)4(11)6(7)12/h2-6,9-13H,1H3/t2-,3-,4+,5+,6-,7-/m0/s1. The highest BCUT2D eigenvalue weighted by Gasteiger charge is 2.61. The molecular weight excluding hydrogens is 210 g/mol. The van der Waals surface area contributed by atoms with Crippen LogP contribution in [0.1, 0.15) is 6.92 Å². The van der Waals surface area contributed by atoms with Crippen LogP contribution in [0.4, 0.5) is 0 Å². The molecule has 1 rings (SSSR count). The van der Waals surface area contributed by atoms with Gasteiger partial charge in [-0.15, -0.1) is 0 Å². The van der Waals surface area contributed by atoms with Crippen LogP contribution in [0.25, 0.3) is 0 Å². The molecular formula is C7H13NO7. The second-order valence-electron chi connectivity index (χ2n) is 3.87. The first kappa shape index (κ1) is 12.3. The third-order valence-corrected chi connectivity index (χ3v) is 2.77. The second kappa shape index (κ2) is 3.65. The van der Waals surface area contributed by atoms with E-state index < -0.39 is 41.0 Å². The molecule has 8 heteroatoms. The smallest absolute Gasteiger partial charge is 0.271 e. The number of rotatable bonds is 1. The minimum atomic E-state index is -2.30. The zero-order valence-corrected chi connectivity index (χ0v) is 7.89. The second-order valence-corrected chi connectivity index (χ2v) is 3.87. The first-order valence-electron chi connectivity index (χ1n) is 4.29. The van der Waals surface area contributed by atoms with E-state index in [-0.39, 0.29) is 0 Å². The highest BCUT2D eigenvalue weighted by Crippen LogP contribution is 2.31. The van der Waals surface area contributed by atoms with Gasteiger partial charge in [0.15, 0.2) is 11.7 Å². The summed E-state index contributed by atoms with van der Waals surface area (Å²) in [6, 6.07) is -1.95. The van der Waals surface area contributed by atoms with Gasteiger partial charge in [0.05, 0.1) is 0 Å². The van der Waals surface area contributed by atoms with Gasteiger partial charge in [-0.05, 0) is 6.92 Å². The van der Waals surface area contributed by atoms with Gasteiger partial charge in [-0.3, -0.25) is 10.1 Å². The lowest BCUT2D eigenvalue weighted by molar-refractivity contribution is -0.570. The number of aliphatic hydroxyl groups excluding tert-OH is 4. The normalized spacial score (nSPS) is 51.5. The Balaban J connectivity index is 3.10. The Morgan fingerprint density at radius 2 is 1.60 bits per heavy atom. The van der Waals surface area contributed by atoms with E-state index in [4.69, 9.17) is 0 Å². The lowest BCUT2D eigenvalue weighted by atomic mass is 9.74. The molecule has 88 valence electrons. The molecule has 0 aliphatic heterocycles. The summed E-state index contributed by atoms with van der Waals surface area (Å²) >= 11 is 0.